The monoisotopic (exact) mass is 327 g/mol. The van der Waals surface area contributed by atoms with E-state index in [1.54, 1.807) is 0 Å². The Morgan fingerprint density at radius 3 is 2.80 bits per heavy atom. The highest BCUT2D eigenvalue weighted by Crippen LogP contribution is 2.42. The summed E-state index contributed by atoms with van der Waals surface area (Å²) in [6.07, 6.45) is 18.4. The maximum Gasteiger partial charge on any atom is 0.128 e. The fourth-order valence-electron chi connectivity index (χ4n) is 5.16. The summed E-state index contributed by atoms with van der Waals surface area (Å²) in [4.78, 5) is 10.3. The van der Waals surface area contributed by atoms with Crippen LogP contribution in [0.4, 0.5) is 5.69 Å². The number of allylic oxidation sites excluding steroid dienone is 1. The highest BCUT2D eigenvalue weighted by molar-refractivity contribution is 6.13. The van der Waals surface area contributed by atoms with Gasteiger partial charge in [-0.2, -0.15) is 0 Å². The highest BCUT2D eigenvalue weighted by Gasteiger charge is 2.45. The number of amidine groups is 1. The molecule has 1 aromatic carbocycles. The number of fused-ring (bicyclic) bond motifs is 7. The maximum absolute atomic E-state index is 5.29. The van der Waals surface area contributed by atoms with Crippen molar-refractivity contribution < 1.29 is 0 Å². The minimum atomic E-state index is 0.346. The molecule has 0 aromatic heterocycles. The molecule has 6 rings (SSSR count). The third-order valence-electron chi connectivity index (χ3n) is 6.32. The van der Waals surface area contributed by atoms with Gasteiger partial charge in [-0.05, 0) is 48.3 Å². The van der Waals surface area contributed by atoms with Gasteiger partial charge < -0.3 is 9.80 Å². The Balaban J connectivity index is 1.47. The first-order valence-corrected chi connectivity index (χ1v) is 9.32. The van der Waals surface area contributed by atoms with Crippen LogP contribution in [0, 0.1) is 5.92 Å². The first-order chi connectivity index (χ1) is 12.4. The van der Waals surface area contributed by atoms with E-state index in [0.29, 0.717) is 24.0 Å². The first kappa shape index (κ1) is 13.7. The average Bonchev–Trinajstić information content (AvgIpc) is 3.30. The van der Waals surface area contributed by atoms with Crippen molar-refractivity contribution in [2.75, 3.05) is 11.4 Å². The van der Waals surface area contributed by atoms with Gasteiger partial charge in [0.05, 0.1) is 12.1 Å². The van der Waals surface area contributed by atoms with Crippen molar-refractivity contribution in [3.8, 4) is 0 Å². The fourth-order valence-corrected chi connectivity index (χ4v) is 5.16. The second-order valence-electron chi connectivity index (χ2n) is 7.63. The lowest BCUT2D eigenvalue weighted by Gasteiger charge is -2.49. The molecule has 2 bridgehead atoms. The Labute approximate surface area is 148 Å². The van der Waals surface area contributed by atoms with Crippen LogP contribution in [0.3, 0.4) is 0 Å². The van der Waals surface area contributed by atoms with Crippen molar-refractivity contribution in [1.29, 1.82) is 0 Å². The summed E-state index contributed by atoms with van der Waals surface area (Å²) in [5.74, 6) is 1.72. The second kappa shape index (κ2) is 4.98. The Morgan fingerprint density at radius 1 is 1.00 bits per heavy atom. The molecular weight excluding hydrogens is 306 g/mol. The zero-order valence-electron chi connectivity index (χ0n) is 14.1. The molecule has 1 aromatic rings. The molecular formula is C22H21N3. The average molecular weight is 327 g/mol. The molecule has 0 radical (unpaired) electrons. The summed E-state index contributed by atoms with van der Waals surface area (Å²) < 4.78 is 0. The second-order valence-corrected chi connectivity index (χ2v) is 7.63. The summed E-state index contributed by atoms with van der Waals surface area (Å²) in [5.41, 5.74) is 4.08. The van der Waals surface area contributed by atoms with Crippen LogP contribution in [0.2, 0.25) is 0 Å². The normalized spacial score (nSPS) is 33.8. The number of hydrogen-bond acceptors (Lipinski definition) is 3. The van der Waals surface area contributed by atoms with Crippen molar-refractivity contribution in [3.63, 3.8) is 0 Å². The molecule has 25 heavy (non-hydrogen) atoms. The van der Waals surface area contributed by atoms with Crippen molar-refractivity contribution in [1.82, 2.24) is 4.90 Å². The molecule has 1 aliphatic carbocycles. The number of rotatable bonds is 1. The Kier molecular flexibility index (Phi) is 2.73. The van der Waals surface area contributed by atoms with Gasteiger partial charge in [0.2, 0.25) is 0 Å². The molecule has 124 valence electrons. The van der Waals surface area contributed by atoms with E-state index in [-0.39, 0.29) is 0 Å². The minimum Gasteiger partial charge on any atom is -0.365 e. The van der Waals surface area contributed by atoms with Gasteiger partial charge in [0.15, 0.2) is 0 Å². The first-order valence-electron chi connectivity index (χ1n) is 9.32. The van der Waals surface area contributed by atoms with E-state index < -0.39 is 0 Å². The van der Waals surface area contributed by atoms with Gasteiger partial charge in [-0.25, -0.2) is 0 Å². The van der Waals surface area contributed by atoms with Crippen LogP contribution in [0.15, 0.2) is 71.4 Å². The van der Waals surface area contributed by atoms with Crippen LogP contribution in [0.1, 0.15) is 18.4 Å². The van der Waals surface area contributed by atoms with Crippen molar-refractivity contribution in [2.24, 2.45) is 10.9 Å². The van der Waals surface area contributed by atoms with Gasteiger partial charge in [-0.1, -0.05) is 36.4 Å². The maximum atomic E-state index is 5.29. The Morgan fingerprint density at radius 2 is 1.92 bits per heavy atom. The van der Waals surface area contributed by atoms with Crippen LogP contribution >= 0.6 is 0 Å². The third-order valence-corrected chi connectivity index (χ3v) is 6.32. The standard InChI is InChI=1S/C22H21N3/c1-3-7-18-16(5-1)9-10-21-23-22(20-13-15-11-12-24(20)14-15)17-6-2-4-8-19(17)25(18)21/h1-5,7,9-13,17,19-20,22H,6,8,14H2. The van der Waals surface area contributed by atoms with E-state index in [2.05, 4.69) is 76.7 Å². The lowest BCUT2D eigenvalue weighted by Crippen LogP contribution is -2.57. The van der Waals surface area contributed by atoms with Crippen molar-refractivity contribution in [3.05, 3.63) is 72.0 Å². The number of para-hydroxylation sites is 1. The predicted octanol–water partition coefficient (Wildman–Crippen LogP) is 3.77. The zero-order chi connectivity index (χ0) is 16.4. The molecule has 5 aliphatic rings. The van der Waals surface area contributed by atoms with Gasteiger partial charge in [0.25, 0.3) is 0 Å². The van der Waals surface area contributed by atoms with Crippen LogP contribution in [-0.4, -0.2) is 35.4 Å². The number of nitrogens with zero attached hydrogens (tertiary/aromatic N) is 3. The molecule has 0 N–H and O–H groups in total. The van der Waals surface area contributed by atoms with Crippen molar-refractivity contribution in [2.45, 2.75) is 31.0 Å². The van der Waals surface area contributed by atoms with E-state index in [1.165, 1.54) is 16.8 Å². The molecule has 0 spiro atoms. The molecule has 0 saturated heterocycles. The summed E-state index contributed by atoms with van der Waals surface area (Å²) in [5, 5.41) is 0. The van der Waals surface area contributed by atoms with Gasteiger partial charge >= 0.3 is 0 Å². The lowest BCUT2D eigenvalue weighted by atomic mass is 9.77. The van der Waals surface area contributed by atoms with Gasteiger partial charge in [-0.3, -0.25) is 4.99 Å². The molecule has 4 atom stereocenters. The van der Waals surface area contributed by atoms with E-state index in [4.69, 9.17) is 4.99 Å². The molecule has 4 heterocycles. The number of aliphatic imine (C=N–C) groups is 1. The van der Waals surface area contributed by atoms with E-state index >= 15 is 0 Å². The quantitative estimate of drug-likeness (QED) is 0.731. The van der Waals surface area contributed by atoms with E-state index in [0.717, 1.165) is 25.2 Å². The van der Waals surface area contributed by atoms with Gasteiger partial charge in [-0.15, -0.1) is 0 Å². The highest BCUT2D eigenvalue weighted by atomic mass is 15.3. The topological polar surface area (TPSA) is 18.8 Å². The summed E-state index contributed by atoms with van der Waals surface area (Å²) >= 11 is 0. The number of anilines is 1. The number of hydrogen-bond donors (Lipinski definition) is 0. The molecule has 0 fully saturated rings. The summed E-state index contributed by atoms with van der Waals surface area (Å²) in [7, 11) is 0. The van der Waals surface area contributed by atoms with Crippen LogP contribution in [0.5, 0.6) is 0 Å². The largest absolute Gasteiger partial charge is 0.365 e. The molecule has 3 nitrogen and oxygen atoms in total. The van der Waals surface area contributed by atoms with E-state index in [1.807, 2.05) is 0 Å². The SMILES string of the molecule is C1=CCC2C(C1)C(C1C=C3C=CN1C3)N=C1C=Cc3ccccc3N12. The molecule has 3 heteroatoms. The molecule has 4 aliphatic heterocycles. The summed E-state index contributed by atoms with van der Waals surface area (Å²) in [6, 6.07) is 10.0. The summed E-state index contributed by atoms with van der Waals surface area (Å²) in [6.45, 7) is 1.07. The van der Waals surface area contributed by atoms with Crippen molar-refractivity contribution >= 4 is 17.6 Å². The lowest BCUT2D eigenvalue weighted by molar-refractivity contribution is 0.236. The van der Waals surface area contributed by atoms with Crippen LogP contribution in [-0.2, 0) is 0 Å². The van der Waals surface area contributed by atoms with E-state index in [9.17, 15) is 0 Å². The number of benzene rings is 1. The third kappa shape index (κ3) is 1.89. The molecule has 4 unspecified atom stereocenters. The Hall–Kier alpha value is -2.55. The van der Waals surface area contributed by atoms with Gasteiger partial charge in [0.1, 0.15) is 5.84 Å². The fraction of sp³-hybridized carbons (Fsp3) is 0.318. The zero-order valence-corrected chi connectivity index (χ0v) is 14.1. The van der Waals surface area contributed by atoms with Crippen LogP contribution < -0.4 is 4.90 Å². The Bertz CT molecular complexity index is 888. The predicted molar refractivity (Wildman–Crippen MR) is 103 cm³/mol. The van der Waals surface area contributed by atoms with Gasteiger partial charge in [0, 0.05) is 30.4 Å². The molecule has 0 amide bonds. The minimum absolute atomic E-state index is 0.346. The molecule has 0 saturated carbocycles. The smallest absolute Gasteiger partial charge is 0.128 e. The van der Waals surface area contributed by atoms with Crippen LogP contribution in [0.25, 0.3) is 6.08 Å².